The van der Waals surface area contributed by atoms with Crippen molar-refractivity contribution >= 4 is 17.7 Å². The summed E-state index contributed by atoms with van der Waals surface area (Å²) in [4.78, 5) is 29.7. The van der Waals surface area contributed by atoms with E-state index in [0.29, 0.717) is 0 Å². The van der Waals surface area contributed by atoms with Gasteiger partial charge < -0.3 is 14.6 Å². The zero-order valence-electron chi connectivity index (χ0n) is 17.5. The number of rotatable bonds is 9. The van der Waals surface area contributed by atoms with Gasteiger partial charge in [-0.25, -0.2) is 4.79 Å². The maximum atomic E-state index is 12.7. The summed E-state index contributed by atoms with van der Waals surface area (Å²) in [7, 11) is 0. The fourth-order valence-corrected chi connectivity index (χ4v) is 2.80. The number of hydrogen-bond donors (Lipinski definition) is 1. The number of nitrogens with zero attached hydrogens (tertiary/aromatic N) is 1. The minimum atomic E-state index is -0.876. The molecule has 2 rings (SSSR count). The molecule has 0 fully saturated rings. The van der Waals surface area contributed by atoms with Gasteiger partial charge in [-0.15, -0.1) is 0 Å². The van der Waals surface area contributed by atoms with E-state index in [9.17, 15) is 14.7 Å². The third-order valence-electron chi connectivity index (χ3n) is 4.36. The molecule has 0 radical (unpaired) electrons. The highest BCUT2D eigenvalue weighted by Gasteiger charge is 2.30. The Morgan fingerprint density at radius 1 is 0.967 bits per heavy atom. The van der Waals surface area contributed by atoms with Crippen LogP contribution in [0, 0.1) is 5.92 Å². The third kappa shape index (κ3) is 6.58. The van der Waals surface area contributed by atoms with Crippen LogP contribution in [0.4, 0.5) is 0 Å². The fourth-order valence-electron chi connectivity index (χ4n) is 2.80. The number of carbonyl (C=O) groups excluding carboxylic acids is 2. The molecule has 0 saturated heterocycles. The predicted molar refractivity (Wildman–Crippen MR) is 115 cm³/mol. The zero-order chi connectivity index (χ0) is 21.9. The van der Waals surface area contributed by atoms with E-state index in [1.165, 1.54) is 6.92 Å². The molecule has 0 spiro atoms. The predicted octanol–water partition coefficient (Wildman–Crippen LogP) is 4.40. The molecular formula is C24H27NO5. The topological polar surface area (TPSA) is 85.2 Å². The Kier molecular flexibility index (Phi) is 8.81. The molecule has 1 unspecified atom stereocenters. The highest BCUT2D eigenvalue weighted by atomic mass is 16.5. The van der Waals surface area contributed by atoms with Crippen LogP contribution in [0.25, 0.3) is 0 Å². The number of allylic oxidation sites excluding steroid dienone is 1. The Hall–Kier alpha value is -3.41. The second-order valence-electron chi connectivity index (χ2n) is 6.68. The van der Waals surface area contributed by atoms with Gasteiger partial charge in [0.1, 0.15) is 17.9 Å². The number of benzene rings is 2. The van der Waals surface area contributed by atoms with E-state index in [1.807, 2.05) is 60.7 Å². The molecule has 6 heteroatoms. The Morgan fingerprint density at radius 2 is 1.53 bits per heavy atom. The minimum absolute atomic E-state index is 0.104. The molecule has 6 nitrogen and oxygen atoms in total. The lowest BCUT2D eigenvalue weighted by Crippen LogP contribution is -2.29. The normalized spacial score (nSPS) is 13.2. The van der Waals surface area contributed by atoms with Crippen molar-refractivity contribution < 1.29 is 24.2 Å². The molecular weight excluding hydrogens is 382 g/mol. The van der Waals surface area contributed by atoms with Crippen LogP contribution in [0.5, 0.6) is 0 Å². The minimum Gasteiger partial charge on any atom is -0.512 e. The van der Waals surface area contributed by atoms with Crippen molar-refractivity contribution in [3.63, 3.8) is 0 Å². The van der Waals surface area contributed by atoms with E-state index in [0.717, 1.165) is 11.1 Å². The monoisotopic (exact) mass is 409 g/mol. The number of esters is 2. The van der Waals surface area contributed by atoms with Crippen molar-refractivity contribution in [2.24, 2.45) is 10.9 Å². The van der Waals surface area contributed by atoms with E-state index in [-0.39, 0.29) is 36.8 Å². The van der Waals surface area contributed by atoms with Crippen LogP contribution in [-0.4, -0.2) is 29.4 Å². The second kappa shape index (κ2) is 11.6. The fraction of sp³-hybridized carbons (Fsp3) is 0.292. The molecule has 0 bridgehead atoms. The smallest absolute Gasteiger partial charge is 0.343 e. The summed E-state index contributed by atoms with van der Waals surface area (Å²) in [6.45, 7) is 5.11. The molecule has 2 aromatic carbocycles. The highest BCUT2D eigenvalue weighted by molar-refractivity contribution is 6.25. The molecule has 0 heterocycles. The number of aliphatic hydroxyl groups is 1. The van der Waals surface area contributed by atoms with Crippen LogP contribution in [0.2, 0.25) is 0 Å². The highest BCUT2D eigenvalue weighted by Crippen LogP contribution is 2.18. The lowest BCUT2D eigenvalue weighted by Gasteiger charge is -2.17. The first-order chi connectivity index (χ1) is 14.4. The van der Waals surface area contributed by atoms with Crippen molar-refractivity contribution in [2.75, 3.05) is 6.61 Å². The van der Waals surface area contributed by atoms with Gasteiger partial charge in [0, 0.05) is 0 Å². The van der Waals surface area contributed by atoms with Gasteiger partial charge in [-0.1, -0.05) is 60.7 Å². The SMILES string of the molecule is CCOC(=O)C(C(=NCc1ccccc1)C(C)C(=O)OCc1ccccc1)=C(C)O. The van der Waals surface area contributed by atoms with Crippen LogP contribution in [-0.2, 0) is 32.2 Å². The van der Waals surface area contributed by atoms with Gasteiger partial charge in [0.25, 0.3) is 0 Å². The molecule has 2 aromatic rings. The summed E-state index contributed by atoms with van der Waals surface area (Å²) in [5.74, 6) is -2.41. The van der Waals surface area contributed by atoms with Crippen LogP contribution in [0.1, 0.15) is 31.9 Å². The average molecular weight is 409 g/mol. The molecule has 1 N–H and O–H groups in total. The summed E-state index contributed by atoms with van der Waals surface area (Å²) in [5, 5.41) is 10.2. The molecule has 0 aliphatic carbocycles. The lowest BCUT2D eigenvalue weighted by atomic mass is 9.96. The quantitative estimate of drug-likeness (QED) is 0.287. The maximum Gasteiger partial charge on any atom is 0.343 e. The molecule has 0 aromatic heterocycles. The summed E-state index contributed by atoms with van der Waals surface area (Å²) in [6.07, 6.45) is 0. The number of carbonyl (C=O) groups is 2. The van der Waals surface area contributed by atoms with Gasteiger partial charge in [0.2, 0.25) is 0 Å². The van der Waals surface area contributed by atoms with Gasteiger partial charge in [-0.2, -0.15) is 0 Å². The van der Waals surface area contributed by atoms with Crippen molar-refractivity contribution in [1.29, 1.82) is 0 Å². The molecule has 0 aliphatic heterocycles. The van der Waals surface area contributed by atoms with Gasteiger partial charge in [0.05, 0.1) is 24.8 Å². The standard InChI is InChI=1S/C24H27NO5/c1-4-29-24(28)21(18(3)26)22(25-15-19-11-7-5-8-12-19)17(2)23(27)30-16-20-13-9-6-10-14-20/h5-14,17,26H,4,15-16H2,1-3H3. The number of hydrogen-bond acceptors (Lipinski definition) is 6. The molecule has 1 atom stereocenters. The van der Waals surface area contributed by atoms with Gasteiger partial charge in [-0.05, 0) is 31.9 Å². The number of aliphatic hydroxyl groups excluding tert-OH is 1. The van der Waals surface area contributed by atoms with Crippen molar-refractivity contribution in [2.45, 2.75) is 33.9 Å². The molecule has 0 amide bonds. The first-order valence-corrected chi connectivity index (χ1v) is 9.80. The van der Waals surface area contributed by atoms with E-state index >= 15 is 0 Å². The van der Waals surface area contributed by atoms with E-state index in [2.05, 4.69) is 4.99 Å². The largest absolute Gasteiger partial charge is 0.512 e. The van der Waals surface area contributed by atoms with Crippen LogP contribution < -0.4 is 0 Å². The average Bonchev–Trinajstić information content (AvgIpc) is 2.75. The van der Waals surface area contributed by atoms with E-state index in [1.54, 1.807) is 13.8 Å². The van der Waals surface area contributed by atoms with E-state index < -0.39 is 17.9 Å². The number of ether oxygens (including phenoxy) is 2. The Bertz CT molecular complexity index is 900. The summed E-state index contributed by atoms with van der Waals surface area (Å²) in [6, 6.07) is 18.7. The molecule has 158 valence electrons. The Morgan fingerprint density at radius 3 is 2.07 bits per heavy atom. The first-order valence-electron chi connectivity index (χ1n) is 9.80. The molecule has 30 heavy (non-hydrogen) atoms. The molecule has 0 saturated carbocycles. The first kappa shape index (κ1) is 22.9. The Labute approximate surface area is 176 Å². The summed E-state index contributed by atoms with van der Waals surface area (Å²) >= 11 is 0. The van der Waals surface area contributed by atoms with Gasteiger partial charge in [0.15, 0.2) is 0 Å². The third-order valence-corrected chi connectivity index (χ3v) is 4.36. The van der Waals surface area contributed by atoms with Crippen LogP contribution in [0.3, 0.4) is 0 Å². The Balaban J connectivity index is 2.29. The lowest BCUT2D eigenvalue weighted by molar-refractivity contribution is -0.146. The summed E-state index contributed by atoms with van der Waals surface area (Å²) in [5.41, 5.74) is 1.77. The van der Waals surface area contributed by atoms with E-state index in [4.69, 9.17) is 9.47 Å². The second-order valence-corrected chi connectivity index (χ2v) is 6.68. The van der Waals surface area contributed by atoms with Crippen LogP contribution >= 0.6 is 0 Å². The van der Waals surface area contributed by atoms with Gasteiger partial charge in [-0.3, -0.25) is 9.79 Å². The molecule has 0 aliphatic rings. The van der Waals surface area contributed by atoms with Crippen molar-refractivity contribution in [1.82, 2.24) is 0 Å². The van der Waals surface area contributed by atoms with Crippen molar-refractivity contribution in [3.05, 3.63) is 83.1 Å². The summed E-state index contributed by atoms with van der Waals surface area (Å²) < 4.78 is 10.5. The number of aliphatic imine (C=N–C) groups is 1. The van der Waals surface area contributed by atoms with Crippen LogP contribution in [0.15, 0.2) is 77.0 Å². The van der Waals surface area contributed by atoms with Gasteiger partial charge >= 0.3 is 11.9 Å². The maximum absolute atomic E-state index is 12.7. The van der Waals surface area contributed by atoms with Crippen molar-refractivity contribution in [3.8, 4) is 0 Å². The zero-order valence-corrected chi connectivity index (χ0v) is 17.5.